The lowest BCUT2D eigenvalue weighted by molar-refractivity contribution is 0.317. The zero-order valence-corrected chi connectivity index (χ0v) is 11.0. The van der Waals surface area contributed by atoms with E-state index in [4.69, 9.17) is 5.21 Å². The van der Waals surface area contributed by atoms with Crippen LogP contribution in [0.5, 0.6) is 0 Å². The predicted octanol–water partition coefficient (Wildman–Crippen LogP) is 3.41. The van der Waals surface area contributed by atoms with Crippen LogP contribution < -0.4 is 4.90 Å². The van der Waals surface area contributed by atoms with Gasteiger partial charge < -0.3 is 10.1 Å². The molecule has 0 saturated heterocycles. The fourth-order valence-corrected chi connectivity index (χ4v) is 2.59. The largest absolute Gasteiger partial charge is 0.411 e. The van der Waals surface area contributed by atoms with Crippen molar-refractivity contribution in [1.29, 1.82) is 0 Å². The monoisotopic (exact) mass is 270 g/mol. The summed E-state index contributed by atoms with van der Waals surface area (Å²) in [5.74, 6) is -0.188. The van der Waals surface area contributed by atoms with Gasteiger partial charge in [-0.2, -0.15) is 0 Å². The Morgan fingerprint density at radius 3 is 2.65 bits per heavy atom. The smallest absolute Gasteiger partial charge is 0.128 e. The molecule has 0 aliphatic carbocycles. The van der Waals surface area contributed by atoms with E-state index in [0.717, 1.165) is 11.3 Å². The molecule has 2 aromatic rings. The van der Waals surface area contributed by atoms with Crippen LogP contribution in [-0.2, 0) is 6.54 Å². The van der Waals surface area contributed by atoms with Crippen LogP contribution in [0.3, 0.4) is 0 Å². The highest BCUT2D eigenvalue weighted by Crippen LogP contribution is 2.28. The molecule has 3 nitrogen and oxygen atoms in total. The Labute approximate surface area is 117 Å². The summed E-state index contributed by atoms with van der Waals surface area (Å²) in [6.45, 7) is 1.23. The van der Waals surface area contributed by atoms with Gasteiger partial charge in [0.2, 0.25) is 0 Å². The highest BCUT2D eigenvalue weighted by atomic mass is 19.1. The first-order chi connectivity index (χ1) is 9.79. The van der Waals surface area contributed by atoms with Crippen LogP contribution in [0.2, 0.25) is 0 Å². The number of hydrogen-bond acceptors (Lipinski definition) is 3. The summed E-state index contributed by atoms with van der Waals surface area (Å²) in [7, 11) is 0. The summed E-state index contributed by atoms with van der Waals surface area (Å²) < 4.78 is 13.8. The molecule has 0 bridgehead atoms. The maximum absolute atomic E-state index is 13.8. The summed E-state index contributed by atoms with van der Waals surface area (Å²) in [4.78, 5) is 2.11. The van der Waals surface area contributed by atoms with Crippen LogP contribution >= 0.6 is 0 Å². The van der Waals surface area contributed by atoms with E-state index >= 15 is 0 Å². The van der Waals surface area contributed by atoms with E-state index in [9.17, 15) is 4.39 Å². The van der Waals surface area contributed by atoms with Crippen LogP contribution in [0.4, 0.5) is 10.1 Å². The van der Waals surface area contributed by atoms with Gasteiger partial charge in [0, 0.05) is 36.3 Å². The summed E-state index contributed by atoms with van der Waals surface area (Å²) in [5, 5.41) is 12.4. The molecule has 0 aromatic heterocycles. The van der Waals surface area contributed by atoms with Crippen molar-refractivity contribution < 1.29 is 9.60 Å². The predicted molar refractivity (Wildman–Crippen MR) is 76.8 cm³/mol. The van der Waals surface area contributed by atoms with Crippen LogP contribution in [0.25, 0.3) is 0 Å². The van der Waals surface area contributed by atoms with Crippen LogP contribution in [0, 0.1) is 5.82 Å². The van der Waals surface area contributed by atoms with E-state index < -0.39 is 0 Å². The van der Waals surface area contributed by atoms with E-state index in [0.29, 0.717) is 30.8 Å². The maximum Gasteiger partial charge on any atom is 0.128 e. The molecule has 0 amide bonds. The number of fused-ring (bicyclic) bond motifs is 1. The number of rotatable bonds is 2. The molecule has 1 N–H and O–H groups in total. The second-order valence-corrected chi connectivity index (χ2v) is 4.83. The third-order valence-electron chi connectivity index (χ3n) is 3.61. The van der Waals surface area contributed by atoms with Gasteiger partial charge in [0.15, 0.2) is 0 Å². The number of hydrogen-bond donors (Lipinski definition) is 1. The minimum Gasteiger partial charge on any atom is -0.411 e. The normalized spacial score (nSPS) is 16.2. The molecule has 3 rings (SSSR count). The number of oxime groups is 1. The molecule has 1 aliphatic heterocycles. The van der Waals surface area contributed by atoms with Gasteiger partial charge >= 0.3 is 0 Å². The Morgan fingerprint density at radius 2 is 1.85 bits per heavy atom. The zero-order chi connectivity index (χ0) is 13.9. The Bertz CT molecular complexity index is 654. The molecular formula is C16H15FN2O. The van der Waals surface area contributed by atoms with Gasteiger partial charge in [0.1, 0.15) is 5.82 Å². The van der Waals surface area contributed by atoms with Gasteiger partial charge in [-0.25, -0.2) is 4.39 Å². The van der Waals surface area contributed by atoms with Gasteiger partial charge in [-0.15, -0.1) is 0 Å². The fraction of sp³-hybridized carbons (Fsp3) is 0.188. The fourth-order valence-electron chi connectivity index (χ4n) is 2.59. The Hall–Kier alpha value is -2.36. The number of halogens is 1. The van der Waals surface area contributed by atoms with Crippen molar-refractivity contribution in [2.45, 2.75) is 13.0 Å². The summed E-state index contributed by atoms with van der Waals surface area (Å²) in [6.07, 6.45) is 0.655. The minimum atomic E-state index is -0.188. The van der Waals surface area contributed by atoms with Crippen molar-refractivity contribution in [2.75, 3.05) is 11.4 Å². The Kier molecular flexibility index (Phi) is 3.37. The molecule has 1 heterocycles. The second kappa shape index (κ2) is 5.33. The molecule has 1 aliphatic rings. The van der Waals surface area contributed by atoms with Crippen molar-refractivity contribution in [2.24, 2.45) is 5.16 Å². The topological polar surface area (TPSA) is 35.8 Å². The standard InChI is InChI=1S/C16H15FN2O/c17-14-7-3-1-5-12(14)11-19-10-9-15(18-20)13-6-2-4-8-16(13)19/h1-8,20H,9-11H2. The van der Waals surface area contributed by atoms with Crippen molar-refractivity contribution in [1.82, 2.24) is 0 Å². The lowest BCUT2D eigenvalue weighted by Crippen LogP contribution is -2.32. The van der Waals surface area contributed by atoms with Crippen LogP contribution in [0.1, 0.15) is 17.5 Å². The summed E-state index contributed by atoms with van der Waals surface area (Å²) >= 11 is 0. The third-order valence-corrected chi connectivity index (χ3v) is 3.61. The lowest BCUT2D eigenvalue weighted by atomic mass is 9.99. The van der Waals surface area contributed by atoms with E-state index in [1.807, 2.05) is 30.3 Å². The second-order valence-electron chi connectivity index (χ2n) is 4.83. The molecule has 102 valence electrons. The van der Waals surface area contributed by atoms with E-state index in [2.05, 4.69) is 10.1 Å². The van der Waals surface area contributed by atoms with Gasteiger partial charge in [0.05, 0.1) is 5.71 Å². The molecule has 0 spiro atoms. The maximum atomic E-state index is 13.8. The van der Waals surface area contributed by atoms with Crippen LogP contribution in [0.15, 0.2) is 53.7 Å². The first kappa shape index (κ1) is 12.7. The molecule has 0 fully saturated rings. The highest BCUT2D eigenvalue weighted by molar-refractivity contribution is 6.06. The SMILES string of the molecule is ON=C1CCN(Cc2ccccc2F)c2ccccc21. The Morgan fingerprint density at radius 1 is 1.10 bits per heavy atom. The first-order valence-electron chi connectivity index (χ1n) is 6.58. The van der Waals surface area contributed by atoms with Crippen molar-refractivity contribution >= 4 is 11.4 Å². The molecular weight excluding hydrogens is 255 g/mol. The van der Waals surface area contributed by atoms with Gasteiger partial charge in [0.25, 0.3) is 0 Å². The van der Waals surface area contributed by atoms with E-state index in [1.165, 1.54) is 6.07 Å². The van der Waals surface area contributed by atoms with Crippen molar-refractivity contribution in [3.8, 4) is 0 Å². The zero-order valence-electron chi connectivity index (χ0n) is 11.0. The summed E-state index contributed by atoms with van der Waals surface area (Å²) in [6, 6.07) is 14.6. The molecule has 20 heavy (non-hydrogen) atoms. The lowest BCUT2D eigenvalue weighted by Gasteiger charge is -2.31. The first-order valence-corrected chi connectivity index (χ1v) is 6.58. The molecule has 0 radical (unpaired) electrons. The molecule has 0 atom stereocenters. The molecule has 0 saturated carbocycles. The molecule has 2 aromatic carbocycles. The van der Waals surface area contributed by atoms with Gasteiger partial charge in [-0.05, 0) is 12.1 Å². The Balaban J connectivity index is 1.95. The number of benzene rings is 2. The summed E-state index contributed by atoms with van der Waals surface area (Å²) in [5.41, 5.74) is 3.25. The average molecular weight is 270 g/mol. The van der Waals surface area contributed by atoms with Crippen molar-refractivity contribution in [3.63, 3.8) is 0 Å². The van der Waals surface area contributed by atoms with Gasteiger partial charge in [-0.1, -0.05) is 41.6 Å². The third kappa shape index (κ3) is 2.25. The number of anilines is 1. The molecule has 0 unspecified atom stereocenters. The van der Waals surface area contributed by atoms with E-state index in [-0.39, 0.29) is 5.82 Å². The van der Waals surface area contributed by atoms with Crippen LogP contribution in [-0.4, -0.2) is 17.5 Å². The van der Waals surface area contributed by atoms with E-state index in [1.54, 1.807) is 12.1 Å². The quantitative estimate of drug-likeness (QED) is 0.670. The highest BCUT2D eigenvalue weighted by Gasteiger charge is 2.22. The number of nitrogens with zero attached hydrogens (tertiary/aromatic N) is 2. The minimum absolute atomic E-state index is 0.188. The van der Waals surface area contributed by atoms with Gasteiger partial charge in [-0.3, -0.25) is 0 Å². The number of para-hydroxylation sites is 1. The molecule has 4 heteroatoms. The van der Waals surface area contributed by atoms with Crippen molar-refractivity contribution in [3.05, 3.63) is 65.5 Å². The average Bonchev–Trinajstić information content (AvgIpc) is 2.50.